The first-order chi connectivity index (χ1) is 11.2. The van der Waals surface area contributed by atoms with E-state index in [2.05, 4.69) is 20.8 Å². The number of aromatic amines is 1. The van der Waals surface area contributed by atoms with Crippen molar-refractivity contribution in [2.45, 2.75) is 6.04 Å². The lowest BCUT2D eigenvalue weighted by Gasteiger charge is -2.18. The van der Waals surface area contributed by atoms with Crippen molar-refractivity contribution < 1.29 is 9.59 Å². The molecule has 0 fully saturated rings. The van der Waals surface area contributed by atoms with Crippen LogP contribution in [0.15, 0.2) is 59.4 Å². The summed E-state index contributed by atoms with van der Waals surface area (Å²) in [6, 6.07) is 11.7. The van der Waals surface area contributed by atoms with Gasteiger partial charge in [0.05, 0.1) is 11.8 Å². The summed E-state index contributed by atoms with van der Waals surface area (Å²) >= 11 is 1.43. The quantitative estimate of drug-likeness (QED) is 0.673. The van der Waals surface area contributed by atoms with E-state index in [0.29, 0.717) is 16.9 Å². The number of nitrogens with zero attached hydrogens (tertiary/aromatic N) is 1. The van der Waals surface area contributed by atoms with Crippen molar-refractivity contribution in [1.29, 1.82) is 0 Å². The average Bonchev–Trinajstić information content (AvgIpc) is 3.26. The smallest absolute Gasteiger partial charge is 0.253 e. The Morgan fingerprint density at radius 2 is 1.96 bits per heavy atom. The highest BCUT2D eigenvalue weighted by Gasteiger charge is 2.23. The highest BCUT2D eigenvalue weighted by atomic mass is 32.1. The highest BCUT2D eigenvalue weighted by molar-refractivity contribution is 7.08. The second-order valence-electron chi connectivity index (χ2n) is 4.79. The fourth-order valence-corrected chi connectivity index (χ4v) is 2.72. The van der Waals surface area contributed by atoms with Gasteiger partial charge in [-0.05, 0) is 17.0 Å². The van der Waals surface area contributed by atoms with Gasteiger partial charge in [-0.25, -0.2) is 0 Å². The van der Waals surface area contributed by atoms with Crippen LogP contribution in [0.25, 0.3) is 0 Å². The first-order valence-electron chi connectivity index (χ1n) is 6.92. The van der Waals surface area contributed by atoms with E-state index in [4.69, 9.17) is 0 Å². The van der Waals surface area contributed by atoms with Gasteiger partial charge in [0.1, 0.15) is 11.9 Å². The molecule has 1 atom stereocenters. The van der Waals surface area contributed by atoms with Crippen LogP contribution in [-0.2, 0) is 4.79 Å². The fraction of sp³-hybridized carbons (Fsp3) is 0.0625. The molecule has 2 heterocycles. The van der Waals surface area contributed by atoms with Gasteiger partial charge in [-0.3, -0.25) is 14.7 Å². The van der Waals surface area contributed by atoms with E-state index in [0.717, 1.165) is 0 Å². The Labute approximate surface area is 136 Å². The van der Waals surface area contributed by atoms with Crippen LogP contribution in [0.5, 0.6) is 0 Å². The molecule has 23 heavy (non-hydrogen) atoms. The second kappa shape index (κ2) is 6.89. The van der Waals surface area contributed by atoms with E-state index in [9.17, 15) is 9.59 Å². The number of hydrogen-bond acceptors (Lipinski definition) is 4. The van der Waals surface area contributed by atoms with E-state index in [1.165, 1.54) is 17.5 Å². The molecule has 116 valence electrons. The van der Waals surface area contributed by atoms with Crippen LogP contribution in [0.2, 0.25) is 0 Å². The summed E-state index contributed by atoms with van der Waals surface area (Å²) in [6.45, 7) is 0. The maximum absolute atomic E-state index is 12.5. The summed E-state index contributed by atoms with van der Waals surface area (Å²) in [4.78, 5) is 24.8. The molecule has 1 unspecified atom stereocenters. The SMILES string of the molecule is O=C(NC(C(=O)Nc1ccn[nH]1)c1ccccc1)c1ccsc1. The number of hydrogen-bond donors (Lipinski definition) is 3. The third-order valence-electron chi connectivity index (χ3n) is 3.21. The van der Waals surface area contributed by atoms with Crippen LogP contribution in [-0.4, -0.2) is 22.0 Å². The number of carbonyl (C=O) groups is 2. The molecule has 0 aliphatic heterocycles. The van der Waals surface area contributed by atoms with Gasteiger partial charge in [0.15, 0.2) is 0 Å². The maximum Gasteiger partial charge on any atom is 0.253 e. The number of rotatable bonds is 5. The minimum Gasteiger partial charge on any atom is -0.336 e. The van der Waals surface area contributed by atoms with Gasteiger partial charge in [0, 0.05) is 11.4 Å². The minimum absolute atomic E-state index is 0.292. The summed E-state index contributed by atoms with van der Waals surface area (Å²) in [7, 11) is 0. The Bertz CT molecular complexity index is 770. The molecule has 0 bridgehead atoms. The largest absolute Gasteiger partial charge is 0.336 e. The molecule has 0 aliphatic rings. The van der Waals surface area contributed by atoms with E-state index in [1.54, 1.807) is 29.6 Å². The Balaban J connectivity index is 1.82. The van der Waals surface area contributed by atoms with Crippen molar-refractivity contribution >= 4 is 29.0 Å². The lowest BCUT2D eigenvalue weighted by molar-refractivity contribution is -0.118. The minimum atomic E-state index is -0.799. The lowest BCUT2D eigenvalue weighted by Crippen LogP contribution is -2.36. The summed E-state index contributed by atoms with van der Waals surface area (Å²) in [5.74, 6) is -0.162. The molecule has 0 spiro atoms. The number of H-pyrrole nitrogens is 1. The number of nitrogens with one attached hydrogen (secondary N) is 3. The zero-order valence-electron chi connectivity index (χ0n) is 12.0. The third-order valence-corrected chi connectivity index (χ3v) is 3.90. The lowest BCUT2D eigenvalue weighted by atomic mass is 10.1. The zero-order valence-corrected chi connectivity index (χ0v) is 12.8. The van der Waals surface area contributed by atoms with Crippen LogP contribution in [0.3, 0.4) is 0 Å². The number of thiophene rings is 1. The molecular formula is C16H14N4O2S. The molecule has 0 radical (unpaired) electrons. The highest BCUT2D eigenvalue weighted by Crippen LogP contribution is 2.16. The Kier molecular flexibility index (Phi) is 4.49. The molecule has 3 N–H and O–H groups in total. The van der Waals surface area contributed by atoms with Gasteiger partial charge in [-0.2, -0.15) is 16.4 Å². The molecule has 3 aromatic rings. The molecule has 0 aliphatic carbocycles. The number of aromatic nitrogens is 2. The number of carbonyl (C=O) groups excluding carboxylic acids is 2. The first kappa shape index (κ1) is 15.0. The van der Waals surface area contributed by atoms with Crippen molar-refractivity contribution in [1.82, 2.24) is 15.5 Å². The average molecular weight is 326 g/mol. The molecule has 6 nitrogen and oxygen atoms in total. The number of benzene rings is 1. The maximum atomic E-state index is 12.5. The first-order valence-corrected chi connectivity index (χ1v) is 7.86. The Morgan fingerprint density at radius 3 is 2.61 bits per heavy atom. The predicted octanol–water partition coefficient (Wildman–Crippen LogP) is 2.58. The Morgan fingerprint density at radius 1 is 1.13 bits per heavy atom. The van der Waals surface area contributed by atoms with Crippen molar-refractivity contribution in [3.05, 3.63) is 70.5 Å². The van der Waals surface area contributed by atoms with Crippen LogP contribution in [0, 0.1) is 0 Å². The van der Waals surface area contributed by atoms with Gasteiger partial charge in [-0.15, -0.1) is 0 Å². The summed E-state index contributed by atoms with van der Waals surface area (Å²) in [6.07, 6.45) is 1.54. The van der Waals surface area contributed by atoms with Gasteiger partial charge < -0.3 is 10.6 Å². The standard InChI is InChI=1S/C16H14N4O2S/c21-15(12-7-9-23-10-12)19-14(11-4-2-1-3-5-11)16(22)18-13-6-8-17-20-13/h1-10,14H,(H,19,21)(H2,17,18,20,22). The second-order valence-corrected chi connectivity index (χ2v) is 5.57. The summed E-state index contributed by atoms with van der Waals surface area (Å²) < 4.78 is 0. The van der Waals surface area contributed by atoms with Crippen LogP contribution < -0.4 is 10.6 Å². The van der Waals surface area contributed by atoms with Gasteiger partial charge in [0.25, 0.3) is 11.8 Å². The predicted molar refractivity (Wildman–Crippen MR) is 88.2 cm³/mol. The monoisotopic (exact) mass is 326 g/mol. The van der Waals surface area contributed by atoms with Crippen molar-refractivity contribution in [3.63, 3.8) is 0 Å². The summed E-state index contributed by atoms with van der Waals surface area (Å²) in [5.41, 5.74) is 1.23. The van der Waals surface area contributed by atoms with Crippen LogP contribution in [0.1, 0.15) is 22.0 Å². The normalized spacial score (nSPS) is 11.7. The van der Waals surface area contributed by atoms with Crippen molar-refractivity contribution in [2.75, 3.05) is 5.32 Å². The summed E-state index contributed by atoms with van der Waals surface area (Å²) in [5, 5.41) is 15.5. The van der Waals surface area contributed by atoms with Gasteiger partial charge in [-0.1, -0.05) is 30.3 Å². The van der Waals surface area contributed by atoms with Crippen LogP contribution in [0.4, 0.5) is 5.82 Å². The molecule has 0 saturated heterocycles. The molecular weight excluding hydrogens is 312 g/mol. The van der Waals surface area contributed by atoms with Crippen molar-refractivity contribution in [2.24, 2.45) is 0 Å². The van der Waals surface area contributed by atoms with E-state index < -0.39 is 6.04 Å². The van der Waals surface area contributed by atoms with E-state index in [-0.39, 0.29) is 11.8 Å². The van der Waals surface area contributed by atoms with Gasteiger partial charge in [0.2, 0.25) is 0 Å². The molecule has 2 amide bonds. The molecule has 1 aromatic carbocycles. The number of amides is 2. The topological polar surface area (TPSA) is 86.9 Å². The Hall–Kier alpha value is -2.93. The van der Waals surface area contributed by atoms with Gasteiger partial charge >= 0.3 is 0 Å². The molecule has 0 saturated carbocycles. The molecule has 7 heteroatoms. The third kappa shape index (κ3) is 3.64. The van der Waals surface area contributed by atoms with Crippen LogP contribution >= 0.6 is 11.3 Å². The molecule has 3 rings (SSSR count). The zero-order chi connectivity index (χ0) is 16.1. The molecule has 2 aromatic heterocycles. The van der Waals surface area contributed by atoms with E-state index in [1.807, 2.05) is 23.6 Å². The fourth-order valence-electron chi connectivity index (χ4n) is 2.08. The number of anilines is 1. The van der Waals surface area contributed by atoms with Crippen molar-refractivity contribution in [3.8, 4) is 0 Å². The van der Waals surface area contributed by atoms with E-state index >= 15 is 0 Å².